The van der Waals surface area contributed by atoms with Gasteiger partial charge in [-0.15, -0.1) is 0 Å². The first-order valence-corrected chi connectivity index (χ1v) is 10.9. The number of aryl methyl sites for hydroxylation is 1. The number of para-hydroxylation sites is 2. The molecule has 0 radical (unpaired) electrons. The summed E-state index contributed by atoms with van der Waals surface area (Å²) in [6.07, 6.45) is 5.73. The van der Waals surface area contributed by atoms with Crippen LogP contribution >= 0.6 is 0 Å². The van der Waals surface area contributed by atoms with Crippen molar-refractivity contribution in [3.05, 3.63) is 115 Å². The molecule has 0 saturated heterocycles. The summed E-state index contributed by atoms with van der Waals surface area (Å²) in [6.45, 7) is 2.55. The van der Waals surface area contributed by atoms with E-state index in [1.807, 2.05) is 66.6 Å². The number of pyridine rings is 1. The zero-order valence-corrected chi connectivity index (χ0v) is 18.2. The van der Waals surface area contributed by atoms with Crippen molar-refractivity contribution in [3.63, 3.8) is 0 Å². The van der Waals surface area contributed by atoms with Crippen LogP contribution in [0.25, 0.3) is 16.9 Å². The molecule has 1 aliphatic heterocycles. The first-order chi connectivity index (χ1) is 16.3. The second kappa shape index (κ2) is 7.95. The number of hydrogen-bond acceptors (Lipinski definition) is 4. The molecule has 1 aliphatic rings. The van der Waals surface area contributed by atoms with E-state index in [9.17, 15) is 0 Å². The Morgan fingerprint density at radius 2 is 1.73 bits per heavy atom. The summed E-state index contributed by atoms with van der Waals surface area (Å²) < 4.78 is 8.13. The van der Waals surface area contributed by atoms with Crippen LogP contribution in [0.5, 0.6) is 5.75 Å². The molecule has 0 spiro atoms. The summed E-state index contributed by atoms with van der Waals surface area (Å²) >= 11 is 0. The molecule has 2 aromatic heterocycles. The van der Waals surface area contributed by atoms with Crippen LogP contribution in [-0.2, 0) is 6.61 Å². The van der Waals surface area contributed by atoms with Gasteiger partial charge in [0.2, 0.25) is 0 Å². The number of aromatic nitrogens is 3. The van der Waals surface area contributed by atoms with Gasteiger partial charge in [0.1, 0.15) is 12.4 Å². The maximum Gasteiger partial charge on any atom is 0.143 e. The fourth-order valence-electron chi connectivity index (χ4n) is 4.24. The molecule has 3 aromatic carbocycles. The van der Waals surface area contributed by atoms with Crippen LogP contribution in [0.1, 0.15) is 11.1 Å². The highest BCUT2D eigenvalue weighted by Gasteiger charge is 2.24. The summed E-state index contributed by atoms with van der Waals surface area (Å²) in [5.74, 6) is 0.855. The summed E-state index contributed by atoms with van der Waals surface area (Å²) in [5, 5.41) is 4.51. The first-order valence-electron chi connectivity index (χ1n) is 10.9. The van der Waals surface area contributed by atoms with E-state index >= 15 is 0 Å². The van der Waals surface area contributed by atoms with Crippen molar-refractivity contribution in [3.8, 4) is 22.7 Å². The van der Waals surface area contributed by atoms with Gasteiger partial charge < -0.3 is 9.64 Å². The third-order valence-electron chi connectivity index (χ3n) is 5.84. The molecule has 5 aromatic rings. The van der Waals surface area contributed by atoms with Gasteiger partial charge in [0.05, 0.1) is 29.0 Å². The Balaban J connectivity index is 1.55. The van der Waals surface area contributed by atoms with Gasteiger partial charge in [0, 0.05) is 29.2 Å². The molecule has 33 heavy (non-hydrogen) atoms. The maximum atomic E-state index is 6.21. The Labute approximate surface area is 192 Å². The lowest BCUT2D eigenvalue weighted by atomic mass is 10.1. The van der Waals surface area contributed by atoms with Gasteiger partial charge in [-0.2, -0.15) is 5.10 Å². The third kappa shape index (κ3) is 3.53. The molecule has 6 rings (SSSR count). The molecule has 0 bridgehead atoms. The molecule has 0 amide bonds. The van der Waals surface area contributed by atoms with Crippen molar-refractivity contribution in [1.29, 1.82) is 0 Å². The quantitative estimate of drug-likeness (QED) is 0.323. The molecule has 160 valence electrons. The fourth-order valence-corrected chi connectivity index (χ4v) is 4.24. The average Bonchev–Trinajstić information content (AvgIpc) is 3.23. The van der Waals surface area contributed by atoms with Crippen LogP contribution in [0.3, 0.4) is 0 Å². The van der Waals surface area contributed by atoms with E-state index in [-0.39, 0.29) is 0 Å². The van der Waals surface area contributed by atoms with Gasteiger partial charge in [0.25, 0.3) is 0 Å². The molecule has 0 saturated carbocycles. The molecule has 0 N–H and O–H groups in total. The molecular weight excluding hydrogens is 408 g/mol. The number of nitrogens with zero attached hydrogens (tertiary/aromatic N) is 4. The lowest BCUT2D eigenvalue weighted by Gasteiger charge is -2.27. The van der Waals surface area contributed by atoms with Crippen LogP contribution in [0, 0.1) is 6.92 Å². The van der Waals surface area contributed by atoms with Crippen LogP contribution in [0.15, 0.2) is 104 Å². The normalized spacial score (nSPS) is 12.5. The van der Waals surface area contributed by atoms with Crippen LogP contribution in [0.4, 0.5) is 17.1 Å². The summed E-state index contributed by atoms with van der Waals surface area (Å²) in [6, 6.07) is 29.0. The molecular formula is C28H22N4O. The van der Waals surface area contributed by atoms with Crippen molar-refractivity contribution in [2.24, 2.45) is 0 Å². The highest BCUT2D eigenvalue weighted by atomic mass is 16.5. The zero-order chi connectivity index (χ0) is 22.2. The average molecular weight is 431 g/mol. The SMILES string of the molecule is Cc1cnn(-c2ccc3c(c2)N(c2cccc(-c4ccccn4)c2)c2ccccc2OC3)c1. The number of benzene rings is 3. The van der Waals surface area contributed by atoms with Crippen molar-refractivity contribution >= 4 is 17.1 Å². The predicted octanol–water partition coefficient (Wildman–Crippen LogP) is 6.60. The van der Waals surface area contributed by atoms with Gasteiger partial charge in [-0.25, -0.2) is 4.68 Å². The Morgan fingerprint density at radius 1 is 0.818 bits per heavy atom. The van der Waals surface area contributed by atoms with Gasteiger partial charge in [-0.3, -0.25) is 4.98 Å². The zero-order valence-electron chi connectivity index (χ0n) is 18.2. The van der Waals surface area contributed by atoms with Crippen LogP contribution in [0.2, 0.25) is 0 Å². The number of anilines is 3. The van der Waals surface area contributed by atoms with E-state index in [1.54, 1.807) is 0 Å². The van der Waals surface area contributed by atoms with E-state index in [1.165, 1.54) is 0 Å². The van der Waals surface area contributed by atoms with Crippen molar-refractivity contribution in [1.82, 2.24) is 14.8 Å². The van der Waals surface area contributed by atoms with Gasteiger partial charge >= 0.3 is 0 Å². The number of rotatable bonds is 3. The highest BCUT2D eigenvalue weighted by molar-refractivity contribution is 5.85. The number of ether oxygens (including phenoxy) is 1. The van der Waals surface area contributed by atoms with Crippen LogP contribution < -0.4 is 9.64 Å². The van der Waals surface area contributed by atoms with Gasteiger partial charge in [0.15, 0.2) is 0 Å². The molecule has 0 atom stereocenters. The Morgan fingerprint density at radius 3 is 2.58 bits per heavy atom. The minimum atomic E-state index is 0.501. The lowest BCUT2D eigenvalue weighted by Crippen LogP contribution is -2.11. The molecule has 0 unspecified atom stereocenters. The molecule has 5 heteroatoms. The Hall–Kier alpha value is -4.38. The smallest absolute Gasteiger partial charge is 0.143 e. The predicted molar refractivity (Wildman–Crippen MR) is 131 cm³/mol. The molecule has 5 nitrogen and oxygen atoms in total. The highest BCUT2D eigenvalue weighted by Crippen LogP contribution is 2.45. The minimum Gasteiger partial charge on any atom is -0.487 e. The standard InChI is InChI=1S/C28H22N4O/c1-20-17-30-31(18-20)23-13-12-22-19-33-28-11-3-2-10-26(28)32(27(22)16-23)24-8-6-7-21(15-24)25-9-4-5-14-29-25/h2-18H,19H2,1H3. The van der Waals surface area contributed by atoms with Crippen molar-refractivity contribution in [2.45, 2.75) is 13.5 Å². The van der Waals surface area contributed by atoms with Crippen molar-refractivity contribution in [2.75, 3.05) is 4.90 Å². The van der Waals surface area contributed by atoms with Gasteiger partial charge in [-0.05, 0) is 61.0 Å². The van der Waals surface area contributed by atoms with E-state index < -0.39 is 0 Å². The van der Waals surface area contributed by atoms with Gasteiger partial charge in [-0.1, -0.05) is 36.4 Å². The van der Waals surface area contributed by atoms with E-state index in [2.05, 4.69) is 63.5 Å². The Kier molecular flexibility index (Phi) is 4.65. The summed E-state index contributed by atoms with van der Waals surface area (Å²) in [4.78, 5) is 6.81. The van der Waals surface area contributed by atoms with E-state index in [0.717, 1.165) is 50.9 Å². The lowest BCUT2D eigenvalue weighted by molar-refractivity contribution is 0.310. The Bertz CT molecular complexity index is 1440. The molecule has 0 fully saturated rings. The van der Waals surface area contributed by atoms with E-state index in [4.69, 9.17) is 4.74 Å². The first kappa shape index (κ1) is 19.3. The summed E-state index contributed by atoms with van der Waals surface area (Å²) in [5.41, 5.74) is 8.38. The summed E-state index contributed by atoms with van der Waals surface area (Å²) in [7, 11) is 0. The maximum absolute atomic E-state index is 6.21. The number of hydrogen-bond donors (Lipinski definition) is 0. The second-order valence-electron chi connectivity index (χ2n) is 8.13. The monoisotopic (exact) mass is 430 g/mol. The topological polar surface area (TPSA) is 43.2 Å². The third-order valence-corrected chi connectivity index (χ3v) is 5.84. The van der Waals surface area contributed by atoms with Crippen LogP contribution in [-0.4, -0.2) is 14.8 Å². The minimum absolute atomic E-state index is 0.501. The van der Waals surface area contributed by atoms with Crippen molar-refractivity contribution < 1.29 is 4.74 Å². The fraction of sp³-hybridized carbons (Fsp3) is 0.0714. The second-order valence-corrected chi connectivity index (χ2v) is 8.13. The molecule has 0 aliphatic carbocycles. The number of fused-ring (bicyclic) bond motifs is 2. The molecule has 3 heterocycles. The van der Waals surface area contributed by atoms with E-state index in [0.29, 0.717) is 6.61 Å². The largest absolute Gasteiger partial charge is 0.487 e.